The number of β-amino-alcohol motifs (C(OH)–C–C–N with tert-alkyl or cyclic N) is 1. The summed E-state index contributed by atoms with van der Waals surface area (Å²) in [5.41, 5.74) is 1.97. The molecule has 0 aromatic heterocycles. The molecule has 1 atom stereocenters. The second-order valence-electron chi connectivity index (χ2n) is 4.98. The Labute approximate surface area is 119 Å². The molecule has 5 nitrogen and oxygen atoms in total. The monoisotopic (exact) mass is 275 g/mol. The molecule has 1 aromatic rings. The highest BCUT2D eigenvalue weighted by molar-refractivity contribution is 5.45. The molecule has 2 rings (SSSR count). The van der Waals surface area contributed by atoms with E-state index < -0.39 is 6.10 Å². The van der Waals surface area contributed by atoms with E-state index in [2.05, 4.69) is 16.3 Å². The summed E-state index contributed by atoms with van der Waals surface area (Å²) in [6.45, 7) is 4.47. The maximum atomic E-state index is 10.0. The third kappa shape index (κ3) is 4.82. The number of nitrogens with zero attached hydrogens (tertiary/aromatic N) is 2. The zero-order chi connectivity index (χ0) is 14.2. The van der Waals surface area contributed by atoms with Crippen LogP contribution in [0.2, 0.25) is 0 Å². The number of aliphatic hydroxyl groups is 1. The van der Waals surface area contributed by atoms with E-state index in [0.717, 1.165) is 37.6 Å². The molecule has 1 aromatic carbocycles. The van der Waals surface area contributed by atoms with Crippen LogP contribution in [0, 0.1) is 11.3 Å². The van der Waals surface area contributed by atoms with Crippen molar-refractivity contribution in [1.29, 1.82) is 5.26 Å². The first-order valence-electron chi connectivity index (χ1n) is 6.96. The Bertz CT molecular complexity index is 435. The maximum absolute atomic E-state index is 10.0. The van der Waals surface area contributed by atoms with Gasteiger partial charge in [-0.15, -0.1) is 0 Å². The van der Waals surface area contributed by atoms with Gasteiger partial charge in [0.25, 0.3) is 0 Å². The summed E-state index contributed by atoms with van der Waals surface area (Å²) >= 11 is 0. The van der Waals surface area contributed by atoms with Gasteiger partial charge in [-0.05, 0) is 17.7 Å². The van der Waals surface area contributed by atoms with E-state index in [1.54, 1.807) is 0 Å². The number of anilines is 1. The minimum Gasteiger partial charge on any atom is -0.390 e. The van der Waals surface area contributed by atoms with E-state index in [1.807, 2.05) is 24.3 Å². The molecule has 0 saturated carbocycles. The average molecular weight is 275 g/mol. The third-order valence-electron chi connectivity index (χ3n) is 3.35. The van der Waals surface area contributed by atoms with Crippen LogP contribution in [0.4, 0.5) is 5.69 Å². The molecule has 1 aliphatic heterocycles. The summed E-state index contributed by atoms with van der Waals surface area (Å²) in [6, 6.07) is 9.86. The number of morpholine rings is 1. The second kappa shape index (κ2) is 7.85. The number of ether oxygens (including phenoxy) is 1. The molecule has 0 radical (unpaired) electrons. The highest BCUT2D eigenvalue weighted by Crippen LogP contribution is 2.10. The Morgan fingerprint density at radius 3 is 2.65 bits per heavy atom. The molecule has 0 bridgehead atoms. The average Bonchev–Trinajstić information content (AvgIpc) is 2.48. The number of rotatable bonds is 6. The van der Waals surface area contributed by atoms with Crippen LogP contribution in [0.25, 0.3) is 0 Å². The lowest BCUT2D eigenvalue weighted by molar-refractivity contribution is 0.0171. The quantitative estimate of drug-likeness (QED) is 0.806. The first kappa shape index (κ1) is 14.8. The molecule has 1 heterocycles. The molecule has 0 aliphatic carbocycles. The van der Waals surface area contributed by atoms with E-state index in [1.165, 1.54) is 0 Å². The lowest BCUT2D eigenvalue weighted by atomic mass is 10.1. The van der Waals surface area contributed by atoms with Crippen LogP contribution < -0.4 is 5.32 Å². The van der Waals surface area contributed by atoms with Crippen molar-refractivity contribution in [3.63, 3.8) is 0 Å². The van der Waals surface area contributed by atoms with Crippen LogP contribution in [0.5, 0.6) is 0 Å². The van der Waals surface area contributed by atoms with Crippen molar-refractivity contribution in [1.82, 2.24) is 4.90 Å². The number of nitrogens with one attached hydrogen (secondary N) is 1. The van der Waals surface area contributed by atoms with Gasteiger partial charge in [0.15, 0.2) is 0 Å². The normalized spacial score (nSPS) is 17.4. The largest absolute Gasteiger partial charge is 0.390 e. The fraction of sp³-hybridized carbons (Fsp3) is 0.533. The van der Waals surface area contributed by atoms with E-state index >= 15 is 0 Å². The van der Waals surface area contributed by atoms with Gasteiger partial charge in [0, 0.05) is 31.9 Å². The second-order valence-corrected chi connectivity index (χ2v) is 4.98. The summed E-state index contributed by atoms with van der Waals surface area (Å²) in [5, 5.41) is 21.8. The number of benzene rings is 1. The van der Waals surface area contributed by atoms with Crippen molar-refractivity contribution in [3.8, 4) is 6.07 Å². The summed E-state index contributed by atoms with van der Waals surface area (Å²) in [5.74, 6) is 0. The van der Waals surface area contributed by atoms with Crippen molar-refractivity contribution in [3.05, 3.63) is 29.8 Å². The Morgan fingerprint density at radius 2 is 2.00 bits per heavy atom. The summed E-state index contributed by atoms with van der Waals surface area (Å²) in [6.07, 6.45) is 0.0341. The lowest BCUT2D eigenvalue weighted by Gasteiger charge is -2.28. The van der Waals surface area contributed by atoms with Crippen molar-refractivity contribution in [2.75, 3.05) is 44.7 Å². The maximum Gasteiger partial charge on any atom is 0.0839 e. The molecule has 1 saturated heterocycles. The fourth-order valence-electron chi connectivity index (χ4n) is 2.21. The van der Waals surface area contributed by atoms with Gasteiger partial charge in [0.05, 0.1) is 31.8 Å². The summed E-state index contributed by atoms with van der Waals surface area (Å²) in [4.78, 5) is 2.21. The minimum absolute atomic E-state index is 0.396. The van der Waals surface area contributed by atoms with Crippen molar-refractivity contribution < 1.29 is 9.84 Å². The summed E-state index contributed by atoms with van der Waals surface area (Å²) < 4.78 is 5.28. The van der Waals surface area contributed by atoms with E-state index in [-0.39, 0.29) is 0 Å². The SMILES string of the molecule is N#CCc1ccc(NCC(O)CN2CCOCC2)cc1. The molecule has 0 amide bonds. The highest BCUT2D eigenvalue weighted by Gasteiger charge is 2.14. The number of hydrogen-bond donors (Lipinski definition) is 2. The molecule has 5 heteroatoms. The number of nitriles is 1. The Hall–Kier alpha value is -1.61. The molecule has 1 fully saturated rings. The standard InChI is InChI=1S/C15H21N3O2/c16-6-5-13-1-3-14(4-2-13)17-11-15(19)12-18-7-9-20-10-8-18/h1-4,15,17,19H,5,7-12H2. The molecule has 1 aliphatic rings. The molecule has 0 spiro atoms. The molecule has 20 heavy (non-hydrogen) atoms. The molecular formula is C15H21N3O2. The molecule has 108 valence electrons. The predicted molar refractivity (Wildman–Crippen MR) is 77.5 cm³/mol. The van der Waals surface area contributed by atoms with Gasteiger partial charge in [0.2, 0.25) is 0 Å². The van der Waals surface area contributed by atoms with Gasteiger partial charge in [-0.25, -0.2) is 0 Å². The summed E-state index contributed by atoms with van der Waals surface area (Å²) in [7, 11) is 0. The van der Waals surface area contributed by atoms with Crippen LogP contribution in [-0.2, 0) is 11.2 Å². The van der Waals surface area contributed by atoms with Crippen molar-refractivity contribution in [2.24, 2.45) is 0 Å². The van der Waals surface area contributed by atoms with Crippen LogP contribution in [-0.4, -0.2) is 55.5 Å². The Balaban J connectivity index is 1.72. The third-order valence-corrected chi connectivity index (χ3v) is 3.35. The molecule has 2 N–H and O–H groups in total. The topological polar surface area (TPSA) is 68.5 Å². The lowest BCUT2D eigenvalue weighted by Crippen LogP contribution is -2.42. The zero-order valence-corrected chi connectivity index (χ0v) is 11.6. The van der Waals surface area contributed by atoms with Gasteiger partial charge in [-0.1, -0.05) is 12.1 Å². The van der Waals surface area contributed by atoms with E-state index in [4.69, 9.17) is 10.00 Å². The number of hydrogen-bond acceptors (Lipinski definition) is 5. The number of aliphatic hydroxyl groups excluding tert-OH is 1. The zero-order valence-electron chi connectivity index (χ0n) is 11.6. The van der Waals surface area contributed by atoms with E-state index in [9.17, 15) is 5.11 Å². The van der Waals surface area contributed by atoms with Crippen LogP contribution in [0.1, 0.15) is 5.56 Å². The molecule has 1 unspecified atom stereocenters. The van der Waals surface area contributed by atoms with Gasteiger partial charge < -0.3 is 15.2 Å². The fourth-order valence-corrected chi connectivity index (χ4v) is 2.21. The van der Waals surface area contributed by atoms with Crippen LogP contribution >= 0.6 is 0 Å². The minimum atomic E-state index is -0.396. The van der Waals surface area contributed by atoms with Crippen molar-refractivity contribution in [2.45, 2.75) is 12.5 Å². The predicted octanol–water partition coefficient (Wildman–Crippen LogP) is 0.858. The molecular weight excluding hydrogens is 254 g/mol. The first-order chi connectivity index (χ1) is 9.78. The Morgan fingerprint density at radius 1 is 1.30 bits per heavy atom. The van der Waals surface area contributed by atoms with Gasteiger partial charge in [-0.2, -0.15) is 5.26 Å². The van der Waals surface area contributed by atoms with Crippen LogP contribution in [0.15, 0.2) is 24.3 Å². The smallest absolute Gasteiger partial charge is 0.0839 e. The Kier molecular flexibility index (Phi) is 5.81. The van der Waals surface area contributed by atoms with E-state index in [0.29, 0.717) is 19.5 Å². The first-order valence-corrected chi connectivity index (χ1v) is 6.96. The highest BCUT2D eigenvalue weighted by atomic mass is 16.5. The van der Waals surface area contributed by atoms with Crippen molar-refractivity contribution >= 4 is 5.69 Å². The van der Waals surface area contributed by atoms with Crippen LogP contribution in [0.3, 0.4) is 0 Å². The van der Waals surface area contributed by atoms with Gasteiger partial charge in [-0.3, -0.25) is 4.90 Å². The van der Waals surface area contributed by atoms with Gasteiger partial charge in [0.1, 0.15) is 0 Å². The van der Waals surface area contributed by atoms with Gasteiger partial charge >= 0.3 is 0 Å².